The summed E-state index contributed by atoms with van der Waals surface area (Å²) in [5, 5.41) is 8.55. The number of hydrogen-bond acceptors (Lipinski definition) is 3. The average molecular weight is 180 g/mol. The van der Waals surface area contributed by atoms with Crippen molar-refractivity contribution in [2.24, 2.45) is 0 Å². The lowest BCUT2D eigenvalue weighted by atomic mass is 10.00. The number of nitrogens with two attached hydrogens (primary N) is 1. The van der Waals surface area contributed by atoms with Crippen molar-refractivity contribution in [3.05, 3.63) is 23.9 Å². The maximum atomic E-state index is 10.4. The Morgan fingerprint density at radius 3 is 2.85 bits per heavy atom. The van der Waals surface area contributed by atoms with Crippen molar-refractivity contribution in [1.29, 1.82) is 0 Å². The van der Waals surface area contributed by atoms with Crippen LogP contribution in [0.25, 0.3) is 0 Å². The molecule has 70 valence electrons. The monoisotopic (exact) mass is 180 g/mol. The zero-order valence-corrected chi connectivity index (χ0v) is 7.40. The standard InChI is InChI=1S/C9H12N2O2/c1-6(4-9(12)13)7-2-3-8(10)11-5-7/h2-3,5-6H,4H2,1H3,(H2,10,11)(H,12,13)/t6-/m0/s1. The Hall–Kier alpha value is -1.58. The van der Waals surface area contributed by atoms with Crippen molar-refractivity contribution in [2.75, 3.05) is 5.73 Å². The molecular weight excluding hydrogens is 168 g/mol. The Labute approximate surface area is 76.4 Å². The van der Waals surface area contributed by atoms with Crippen LogP contribution in [0.2, 0.25) is 0 Å². The summed E-state index contributed by atoms with van der Waals surface area (Å²) in [7, 11) is 0. The highest BCUT2D eigenvalue weighted by atomic mass is 16.4. The molecule has 4 heteroatoms. The van der Waals surface area contributed by atoms with E-state index < -0.39 is 5.97 Å². The van der Waals surface area contributed by atoms with Crippen LogP contribution in [0.1, 0.15) is 24.8 Å². The highest BCUT2D eigenvalue weighted by Crippen LogP contribution is 2.18. The molecule has 1 heterocycles. The molecule has 1 rings (SSSR count). The minimum atomic E-state index is -0.802. The molecule has 0 saturated heterocycles. The van der Waals surface area contributed by atoms with E-state index in [0.29, 0.717) is 5.82 Å². The molecule has 4 nitrogen and oxygen atoms in total. The number of carboxylic acid groups (broad SMARTS) is 1. The molecule has 0 aromatic carbocycles. The molecule has 13 heavy (non-hydrogen) atoms. The zero-order chi connectivity index (χ0) is 9.84. The van der Waals surface area contributed by atoms with Gasteiger partial charge >= 0.3 is 5.97 Å². The first-order valence-electron chi connectivity index (χ1n) is 4.03. The lowest BCUT2D eigenvalue weighted by molar-refractivity contribution is -0.137. The normalized spacial score (nSPS) is 12.4. The molecule has 0 bridgehead atoms. The molecule has 0 amide bonds. The summed E-state index contributed by atoms with van der Waals surface area (Å²) >= 11 is 0. The number of nitrogen functional groups attached to an aromatic ring is 1. The molecule has 0 unspecified atom stereocenters. The molecule has 3 N–H and O–H groups in total. The van der Waals surface area contributed by atoms with E-state index >= 15 is 0 Å². The van der Waals surface area contributed by atoms with E-state index in [-0.39, 0.29) is 12.3 Å². The SMILES string of the molecule is C[C@@H](CC(=O)O)c1ccc(N)nc1. The van der Waals surface area contributed by atoms with Crippen molar-refractivity contribution in [3.8, 4) is 0 Å². The molecule has 1 atom stereocenters. The van der Waals surface area contributed by atoms with Gasteiger partial charge < -0.3 is 10.8 Å². The average Bonchev–Trinajstić information content (AvgIpc) is 2.04. The second-order valence-corrected chi connectivity index (χ2v) is 3.02. The van der Waals surface area contributed by atoms with Gasteiger partial charge in [-0.05, 0) is 17.5 Å². The molecule has 0 aliphatic rings. The number of anilines is 1. The predicted molar refractivity (Wildman–Crippen MR) is 49.3 cm³/mol. The summed E-state index contributed by atoms with van der Waals surface area (Å²) in [5.41, 5.74) is 6.30. The molecule has 1 aromatic heterocycles. The molecular formula is C9H12N2O2. The predicted octanol–water partition coefficient (Wildman–Crippen LogP) is 1.24. The van der Waals surface area contributed by atoms with Crippen LogP contribution in [-0.2, 0) is 4.79 Å². The Balaban J connectivity index is 2.71. The van der Waals surface area contributed by atoms with Gasteiger partial charge in [0.15, 0.2) is 0 Å². The van der Waals surface area contributed by atoms with E-state index in [1.807, 2.05) is 6.92 Å². The minimum Gasteiger partial charge on any atom is -0.481 e. The molecule has 0 saturated carbocycles. The highest BCUT2D eigenvalue weighted by molar-refractivity contribution is 5.67. The first-order chi connectivity index (χ1) is 6.09. The summed E-state index contributed by atoms with van der Waals surface area (Å²) in [6.07, 6.45) is 1.73. The van der Waals surface area contributed by atoms with E-state index in [4.69, 9.17) is 10.8 Å². The molecule has 1 aromatic rings. The van der Waals surface area contributed by atoms with E-state index in [2.05, 4.69) is 4.98 Å². The number of carbonyl (C=O) groups is 1. The highest BCUT2D eigenvalue weighted by Gasteiger charge is 2.09. The quantitative estimate of drug-likeness (QED) is 0.733. The fraction of sp³-hybridized carbons (Fsp3) is 0.333. The summed E-state index contributed by atoms with van der Waals surface area (Å²) in [6.45, 7) is 1.85. The number of carboxylic acids is 1. The van der Waals surface area contributed by atoms with Crippen LogP contribution in [0.5, 0.6) is 0 Å². The Kier molecular flexibility index (Phi) is 2.84. The number of nitrogens with zero attached hydrogens (tertiary/aromatic N) is 1. The number of aromatic nitrogens is 1. The van der Waals surface area contributed by atoms with E-state index in [9.17, 15) is 4.79 Å². The number of aliphatic carboxylic acids is 1. The van der Waals surface area contributed by atoms with Crippen molar-refractivity contribution in [1.82, 2.24) is 4.98 Å². The van der Waals surface area contributed by atoms with Crippen molar-refractivity contribution in [2.45, 2.75) is 19.3 Å². The van der Waals surface area contributed by atoms with Gasteiger partial charge in [0, 0.05) is 6.20 Å². The molecule has 0 fully saturated rings. The summed E-state index contributed by atoms with van der Waals surface area (Å²) < 4.78 is 0. The van der Waals surface area contributed by atoms with E-state index in [1.54, 1.807) is 18.3 Å². The molecule has 0 spiro atoms. The third-order valence-corrected chi connectivity index (χ3v) is 1.86. The number of pyridine rings is 1. The third kappa shape index (κ3) is 2.74. The fourth-order valence-corrected chi connectivity index (χ4v) is 1.09. The maximum absolute atomic E-state index is 10.4. The van der Waals surface area contributed by atoms with Crippen molar-refractivity contribution in [3.63, 3.8) is 0 Å². The van der Waals surface area contributed by atoms with Gasteiger partial charge in [-0.25, -0.2) is 4.98 Å². The number of rotatable bonds is 3. The molecule has 0 aliphatic carbocycles. The van der Waals surface area contributed by atoms with Gasteiger partial charge in [0.05, 0.1) is 6.42 Å². The van der Waals surface area contributed by atoms with Gasteiger partial charge in [-0.1, -0.05) is 13.0 Å². The van der Waals surface area contributed by atoms with Crippen LogP contribution in [0.3, 0.4) is 0 Å². The smallest absolute Gasteiger partial charge is 0.303 e. The van der Waals surface area contributed by atoms with Gasteiger partial charge in [0.1, 0.15) is 5.82 Å². The Morgan fingerprint density at radius 2 is 2.38 bits per heavy atom. The van der Waals surface area contributed by atoms with E-state index in [1.165, 1.54) is 0 Å². The van der Waals surface area contributed by atoms with Gasteiger partial charge in [-0.2, -0.15) is 0 Å². The van der Waals surface area contributed by atoms with Crippen LogP contribution in [0.4, 0.5) is 5.82 Å². The van der Waals surface area contributed by atoms with Gasteiger partial charge in [0.2, 0.25) is 0 Å². The van der Waals surface area contributed by atoms with Crippen molar-refractivity contribution < 1.29 is 9.90 Å². The minimum absolute atomic E-state index is 0.0226. The maximum Gasteiger partial charge on any atom is 0.303 e. The second kappa shape index (κ2) is 3.89. The lowest BCUT2D eigenvalue weighted by Gasteiger charge is -2.07. The first-order valence-corrected chi connectivity index (χ1v) is 4.03. The fourth-order valence-electron chi connectivity index (χ4n) is 1.09. The second-order valence-electron chi connectivity index (χ2n) is 3.02. The summed E-state index contributed by atoms with van der Waals surface area (Å²) in [4.78, 5) is 14.3. The molecule has 0 radical (unpaired) electrons. The topological polar surface area (TPSA) is 76.2 Å². The van der Waals surface area contributed by atoms with Crippen LogP contribution < -0.4 is 5.73 Å². The van der Waals surface area contributed by atoms with Crippen molar-refractivity contribution >= 4 is 11.8 Å². The molecule has 0 aliphatic heterocycles. The van der Waals surface area contributed by atoms with Crippen LogP contribution >= 0.6 is 0 Å². The Morgan fingerprint density at radius 1 is 1.69 bits per heavy atom. The summed E-state index contributed by atoms with van der Waals surface area (Å²) in [5.74, 6) is -0.374. The van der Waals surface area contributed by atoms with E-state index in [0.717, 1.165) is 5.56 Å². The number of hydrogen-bond donors (Lipinski definition) is 2. The summed E-state index contributed by atoms with van der Waals surface area (Å²) in [6, 6.07) is 3.48. The van der Waals surface area contributed by atoms with Gasteiger partial charge in [-0.15, -0.1) is 0 Å². The van der Waals surface area contributed by atoms with Gasteiger partial charge in [-0.3, -0.25) is 4.79 Å². The first kappa shape index (κ1) is 9.51. The van der Waals surface area contributed by atoms with Crippen LogP contribution in [-0.4, -0.2) is 16.1 Å². The largest absolute Gasteiger partial charge is 0.481 e. The van der Waals surface area contributed by atoms with Gasteiger partial charge in [0.25, 0.3) is 0 Å². The zero-order valence-electron chi connectivity index (χ0n) is 7.40. The third-order valence-electron chi connectivity index (χ3n) is 1.86. The Bertz CT molecular complexity index is 295. The van der Waals surface area contributed by atoms with Crippen LogP contribution in [0.15, 0.2) is 18.3 Å². The van der Waals surface area contributed by atoms with Crippen LogP contribution in [0, 0.1) is 0 Å². The lowest BCUT2D eigenvalue weighted by Crippen LogP contribution is -2.03.